The van der Waals surface area contributed by atoms with Gasteiger partial charge < -0.3 is 20.3 Å². The van der Waals surface area contributed by atoms with E-state index in [4.69, 9.17) is 21.4 Å². The van der Waals surface area contributed by atoms with Crippen molar-refractivity contribution < 1.29 is 29.3 Å². The summed E-state index contributed by atoms with van der Waals surface area (Å²) in [5.74, 6) is -3.21. The van der Waals surface area contributed by atoms with Crippen molar-refractivity contribution >= 4 is 35.1 Å². The zero-order chi connectivity index (χ0) is 22.5. The number of amides is 1. The maximum atomic E-state index is 13.0. The van der Waals surface area contributed by atoms with E-state index in [1.807, 2.05) is 30.3 Å². The van der Waals surface area contributed by atoms with Gasteiger partial charge in [-0.05, 0) is 47.9 Å². The second kappa shape index (κ2) is 9.32. The number of ether oxygens (including phenoxy) is 1. The van der Waals surface area contributed by atoms with Crippen LogP contribution in [0.5, 0.6) is 5.75 Å². The topological polar surface area (TPSA) is 113 Å². The van der Waals surface area contributed by atoms with Crippen LogP contribution in [0.25, 0.3) is 11.1 Å². The number of carbonyl (C=O) groups excluding carboxylic acids is 1. The maximum Gasteiger partial charge on any atom is 0.341 e. The van der Waals surface area contributed by atoms with Crippen LogP contribution in [-0.2, 0) is 4.79 Å². The molecule has 0 heterocycles. The van der Waals surface area contributed by atoms with E-state index in [1.54, 1.807) is 19.1 Å². The standard InChI is InChI=1S/C23H18ClNO6/c1-13-9-17(21(18(24)10-13)31-12-20(26)27)22(28)25-19-11-15(7-8-16(19)23(29)30)14-5-3-2-4-6-14/h2-11H,12H2,1H3,(H,25,28)(H,26,27)(H,29,30). The van der Waals surface area contributed by atoms with Crippen molar-refractivity contribution in [2.45, 2.75) is 6.92 Å². The van der Waals surface area contributed by atoms with Crippen molar-refractivity contribution in [3.8, 4) is 16.9 Å². The predicted octanol–water partition coefficient (Wildman–Crippen LogP) is 4.73. The molecule has 3 aromatic carbocycles. The Morgan fingerprint density at radius 1 is 0.935 bits per heavy atom. The van der Waals surface area contributed by atoms with Crippen LogP contribution in [0.3, 0.4) is 0 Å². The molecule has 0 unspecified atom stereocenters. The van der Waals surface area contributed by atoms with E-state index < -0.39 is 24.5 Å². The number of halogens is 1. The smallest absolute Gasteiger partial charge is 0.341 e. The molecule has 3 rings (SSSR count). The average Bonchev–Trinajstić information content (AvgIpc) is 2.72. The minimum atomic E-state index is -1.23. The molecule has 0 saturated heterocycles. The van der Waals surface area contributed by atoms with E-state index in [-0.39, 0.29) is 27.6 Å². The molecule has 0 aromatic heterocycles. The summed E-state index contributed by atoms with van der Waals surface area (Å²) in [6.45, 7) is 1.02. The molecule has 7 nitrogen and oxygen atoms in total. The second-order valence-electron chi connectivity index (χ2n) is 6.69. The molecule has 0 saturated carbocycles. The number of anilines is 1. The van der Waals surface area contributed by atoms with Gasteiger partial charge in [0.05, 0.1) is 21.8 Å². The molecule has 0 aliphatic rings. The van der Waals surface area contributed by atoms with Gasteiger partial charge in [-0.15, -0.1) is 0 Å². The maximum absolute atomic E-state index is 13.0. The quantitative estimate of drug-likeness (QED) is 0.490. The van der Waals surface area contributed by atoms with Gasteiger partial charge in [-0.25, -0.2) is 9.59 Å². The molecule has 0 aliphatic heterocycles. The Morgan fingerprint density at radius 3 is 2.29 bits per heavy atom. The van der Waals surface area contributed by atoms with Crippen LogP contribution in [0.4, 0.5) is 5.69 Å². The van der Waals surface area contributed by atoms with E-state index >= 15 is 0 Å². The molecule has 0 fully saturated rings. The number of aryl methyl sites for hydroxylation is 1. The summed E-state index contributed by atoms with van der Waals surface area (Å²) in [5, 5.41) is 21.1. The Hall–Kier alpha value is -3.84. The summed E-state index contributed by atoms with van der Waals surface area (Å²) in [6, 6.07) is 16.9. The molecular formula is C23H18ClNO6. The molecule has 0 atom stereocenters. The number of nitrogens with one attached hydrogen (secondary N) is 1. The summed E-state index contributed by atoms with van der Waals surface area (Å²) >= 11 is 6.16. The number of carboxylic acid groups (broad SMARTS) is 2. The van der Waals surface area contributed by atoms with Gasteiger partial charge in [-0.3, -0.25) is 4.79 Å². The highest BCUT2D eigenvalue weighted by molar-refractivity contribution is 6.33. The Labute approximate surface area is 182 Å². The van der Waals surface area contributed by atoms with Crippen molar-refractivity contribution in [3.05, 3.63) is 82.4 Å². The van der Waals surface area contributed by atoms with Crippen LogP contribution in [-0.4, -0.2) is 34.7 Å². The monoisotopic (exact) mass is 439 g/mol. The highest BCUT2D eigenvalue weighted by Crippen LogP contribution is 2.32. The molecule has 3 N–H and O–H groups in total. The number of carboxylic acids is 2. The zero-order valence-corrected chi connectivity index (χ0v) is 17.1. The largest absolute Gasteiger partial charge is 0.480 e. The van der Waals surface area contributed by atoms with E-state index in [2.05, 4.69) is 5.32 Å². The predicted molar refractivity (Wildman–Crippen MR) is 116 cm³/mol. The number of rotatable bonds is 7. The number of hydrogen-bond acceptors (Lipinski definition) is 4. The minimum absolute atomic E-state index is 0.00676. The second-order valence-corrected chi connectivity index (χ2v) is 7.10. The first-order chi connectivity index (χ1) is 14.8. The van der Waals surface area contributed by atoms with Crippen LogP contribution in [0, 0.1) is 6.92 Å². The molecule has 31 heavy (non-hydrogen) atoms. The zero-order valence-electron chi connectivity index (χ0n) is 16.4. The summed E-state index contributed by atoms with van der Waals surface area (Å²) in [4.78, 5) is 35.6. The Balaban J connectivity index is 2.01. The summed E-state index contributed by atoms with van der Waals surface area (Å²) in [7, 11) is 0. The van der Waals surface area contributed by atoms with E-state index in [0.29, 0.717) is 11.1 Å². The van der Waals surface area contributed by atoms with Crippen LogP contribution >= 0.6 is 11.6 Å². The lowest BCUT2D eigenvalue weighted by Crippen LogP contribution is -2.18. The highest BCUT2D eigenvalue weighted by atomic mass is 35.5. The SMILES string of the molecule is Cc1cc(Cl)c(OCC(=O)O)c(C(=O)Nc2cc(-c3ccccc3)ccc2C(=O)O)c1. The van der Waals surface area contributed by atoms with Crippen molar-refractivity contribution in [3.63, 3.8) is 0 Å². The third-order valence-electron chi connectivity index (χ3n) is 4.38. The summed E-state index contributed by atoms with van der Waals surface area (Å²) in [6.07, 6.45) is 0. The van der Waals surface area contributed by atoms with Gasteiger partial charge >= 0.3 is 11.9 Å². The lowest BCUT2D eigenvalue weighted by molar-refractivity contribution is -0.139. The normalized spacial score (nSPS) is 10.4. The van der Waals surface area contributed by atoms with Crippen molar-refractivity contribution in [2.24, 2.45) is 0 Å². The Kier molecular flexibility index (Phi) is 6.57. The Bertz CT molecular complexity index is 1160. The first-order valence-electron chi connectivity index (χ1n) is 9.15. The van der Waals surface area contributed by atoms with Gasteiger partial charge in [0.15, 0.2) is 12.4 Å². The van der Waals surface area contributed by atoms with Gasteiger partial charge in [-0.1, -0.05) is 48.0 Å². The Morgan fingerprint density at radius 2 is 1.65 bits per heavy atom. The van der Waals surface area contributed by atoms with Crippen LogP contribution < -0.4 is 10.1 Å². The van der Waals surface area contributed by atoms with Crippen LogP contribution in [0.2, 0.25) is 5.02 Å². The van der Waals surface area contributed by atoms with Gasteiger partial charge in [0.25, 0.3) is 5.91 Å². The fourth-order valence-corrected chi connectivity index (χ4v) is 3.34. The van der Waals surface area contributed by atoms with Gasteiger partial charge in [0, 0.05) is 0 Å². The third-order valence-corrected chi connectivity index (χ3v) is 4.66. The van der Waals surface area contributed by atoms with Gasteiger partial charge in [0.1, 0.15) is 0 Å². The molecule has 0 aliphatic carbocycles. The molecule has 1 amide bonds. The number of benzene rings is 3. The van der Waals surface area contributed by atoms with Crippen LogP contribution in [0.15, 0.2) is 60.7 Å². The molecule has 3 aromatic rings. The summed E-state index contributed by atoms with van der Waals surface area (Å²) in [5.41, 5.74) is 2.19. The molecule has 0 radical (unpaired) electrons. The van der Waals surface area contributed by atoms with E-state index in [1.165, 1.54) is 18.2 Å². The molecule has 8 heteroatoms. The van der Waals surface area contributed by atoms with Gasteiger partial charge in [-0.2, -0.15) is 0 Å². The molecular weight excluding hydrogens is 422 g/mol. The lowest BCUT2D eigenvalue weighted by atomic mass is 10.0. The van der Waals surface area contributed by atoms with Gasteiger partial charge in [0.2, 0.25) is 0 Å². The molecule has 0 spiro atoms. The van der Waals surface area contributed by atoms with Crippen molar-refractivity contribution in [2.75, 3.05) is 11.9 Å². The number of carbonyl (C=O) groups is 3. The number of aliphatic carboxylic acids is 1. The molecule has 0 bridgehead atoms. The third kappa shape index (κ3) is 5.21. The fraction of sp³-hybridized carbons (Fsp3) is 0.0870. The lowest BCUT2D eigenvalue weighted by Gasteiger charge is -2.15. The van der Waals surface area contributed by atoms with Crippen molar-refractivity contribution in [1.29, 1.82) is 0 Å². The first-order valence-corrected chi connectivity index (χ1v) is 9.53. The minimum Gasteiger partial charge on any atom is -0.480 e. The van der Waals surface area contributed by atoms with E-state index in [9.17, 15) is 19.5 Å². The average molecular weight is 440 g/mol. The fourth-order valence-electron chi connectivity index (χ4n) is 3.01. The van der Waals surface area contributed by atoms with E-state index in [0.717, 1.165) is 5.56 Å². The molecule has 158 valence electrons. The first kappa shape index (κ1) is 21.9. The number of hydrogen-bond donors (Lipinski definition) is 3. The highest BCUT2D eigenvalue weighted by Gasteiger charge is 2.21. The van der Waals surface area contributed by atoms with Crippen molar-refractivity contribution in [1.82, 2.24) is 0 Å². The van der Waals surface area contributed by atoms with Crippen LogP contribution in [0.1, 0.15) is 26.3 Å². The number of aromatic carboxylic acids is 1. The summed E-state index contributed by atoms with van der Waals surface area (Å²) < 4.78 is 5.21.